The molecule has 0 saturated carbocycles. The van der Waals surface area contributed by atoms with E-state index in [0.29, 0.717) is 17.9 Å². The Bertz CT molecular complexity index is 1320. The molecule has 172 valence electrons. The molecule has 3 aromatic rings. The zero-order chi connectivity index (χ0) is 23.4. The highest BCUT2D eigenvalue weighted by Gasteiger charge is 2.43. The highest BCUT2D eigenvalue weighted by molar-refractivity contribution is 14.1. The van der Waals surface area contributed by atoms with Crippen LogP contribution >= 0.6 is 22.9 Å². The number of anilines is 1. The minimum absolute atomic E-state index is 0.145. The minimum Gasteiger partial charge on any atom is -0.298 e. The normalized spacial score (nSPS) is 21.0. The van der Waals surface area contributed by atoms with Crippen molar-refractivity contribution in [2.24, 2.45) is 5.92 Å². The van der Waals surface area contributed by atoms with Crippen LogP contribution in [0.1, 0.15) is 34.3 Å². The number of halogens is 1. The number of likely N-dealkylation sites (tertiary alicyclic amines) is 1. The molecule has 0 spiro atoms. The Morgan fingerprint density at radius 1 is 0.912 bits per heavy atom. The molecule has 3 aliphatic heterocycles. The number of hydrogen-bond donors (Lipinski definition) is 0. The van der Waals surface area contributed by atoms with E-state index in [0.717, 1.165) is 45.6 Å². The van der Waals surface area contributed by atoms with Crippen LogP contribution in [0.2, 0.25) is 0 Å². The summed E-state index contributed by atoms with van der Waals surface area (Å²) < 4.78 is 1.13. The number of rotatable bonds is 5. The molecular formula is C27H24IN3O3. The molecule has 6 rings (SSSR count). The van der Waals surface area contributed by atoms with E-state index >= 15 is 0 Å². The van der Waals surface area contributed by atoms with Crippen LogP contribution in [0, 0.1) is 5.92 Å². The molecule has 0 bridgehead atoms. The van der Waals surface area contributed by atoms with Gasteiger partial charge in [-0.3, -0.25) is 24.2 Å². The van der Waals surface area contributed by atoms with E-state index in [2.05, 4.69) is 41.3 Å². The Morgan fingerprint density at radius 3 is 2.50 bits per heavy atom. The van der Waals surface area contributed by atoms with Gasteiger partial charge in [0.25, 0.3) is 11.8 Å². The summed E-state index contributed by atoms with van der Waals surface area (Å²) >= 11 is 1.75. The molecule has 0 N–H and O–H groups in total. The van der Waals surface area contributed by atoms with Gasteiger partial charge in [0, 0.05) is 37.0 Å². The highest BCUT2D eigenvalue weighted by Crippen LogP contribution is 2.42. The summed E-state index contributed by atoms with van der Waals surface area (Å²) in [5.41, 5.74) is 4.03. The summed E-state index contributed by atoms with van der Waals surface area (Å²) in [5, 5.41) is 2.04. The third-order valence-electron chi connectivity index (χ3n) is 7.25. The van der Waals surface area contributed by atoms with E-state index in [1.54, 1.807) is 27.8 Å². The average Bonchev–Trinajstić information content (AvgIpc) is 3.11. The quantitative estimate of drug-likeness (QED) is 0.263. The van der Waals surface area contributed by atoms with Crippen molar-refractivity contribution >= 4 is 57.0 Å². The Kier molecular flexibility index (Phi) is 5.41. The van der Waals surface area contributed by atoms with Gasteiger partial charge in [-0.25, -0.2) is 3.11 Å². The molecule has 2 fully saturated rings. The molecule has 1 atom stereocenters. The van der Waals surface area contributed by atoms with Crippen LogP contribution in [-0.4, -0.2) is 44.9 Å². The number of imide groups is 1. The summed E-state index contributed by atoms with van der Waals surface area (Å²) in [4.78, 5) is 42.3. The summed E-state index contributed by atoms with van der Waals surface area (Å²) in [7, 11) is 0. The van der Waals surface area contributed by atoms with Crippen molar-refractivity contribution in [3.63, 3.8) is 0 Å². The maximum Gasteiger partial charge on any atom is 0.261 e. The molecule has 7 heteroatoms. The van der Waals surface area contributed by atoms with E-state index in [-0.39, 0.29) is 24.1 Å². The fourth-order valence-electron chi connectivity index (χ4n) is 5.62. The van der Waals surface area contributed by atoms with E-state index in [4.69, 9.17) is 0 Å². The van der Waals surface area contributed by atoms with Gasteiger partial charge in [0.1, 0.15) is 6.04 Å². The number of carbonyl (C=O) groups excluding carboxylic acids is 3. The molecule has 2 saturated heterocycles. The summed E-state index contributed by atoms with van der Waals surface area (Å²) in [6.07, 6.45) is 1.60. The molecule has 1 unspecified atom stereocenters. The zero-order valence-electron chi connectivity index (χ0n) is 18.6. The second-order valence-electron chi connectivity index (χ2n) is 9.46. The Hall–Kier alpha value is -2.78. The predicted octanol–water partition coefficient (Wildman–Crippen LogP) is 4.34. The third-order valence-corrected chi connectivity index (χ3v) is 8.26. The standard InChI is InChI=1S/C27H24IN3O3/c28-31-24(32)12-11-23(27(31)34)30-22-8-4-7-20-19(9-10-21(25(20)22)26(30)33)13-18-15-29(16-18)14-17-5-2-1-3-6-17/h1-10,18,23H,11-16H2. The van der Waals surface area contributed by atoms with Crippen molar-refractivity contribution in [3.05, 3.63) is 77.4 Å². The molecule has 3 aliphatic rings. The molecule has 0 radical (unpaired) electrons. The second-order valence-corrected chi connectivity index (χ2v) is 10.4. The fraction of sp³-hybridized carbons (Fsp3) is 0.296. The van der Waals surface area contributed by atoms with Gasteiger partial charge in [0.15, 0.2) is 0 Å². The van der Waals surface area contributed by atoms with Crippen LogP contribution in [-0.2, 0) is 22.6 Å². The average molecular weight is 565 g/mol. The SMILES string of the molecule is O=C1CCC(N2C(=O)c3ccc(CC4CN(Cc5ccccc5)C4)c4cccc2c34)C(=O)N1I. The topological polar surface area (TPSA) is 60.9 Å². The van der Waals surface area contributed by atoms with E-state index in [1.165, 1.54) is 11.1 Å². The van der Waals surface area contributed by atoms with Gasteiger partial charge in [0.2, 0.25) is 5.91 Å². The lowest BCUT2D eigenvalue weighted by Crippen LogP contribution is -2.52. The van der Waals surface area contributed by atoms with Gasteiger partial charge < -0.3 is 0 Å². The second kappa shape index (κ2) is 8.46. The largest absolute Gasteiger partial charge is 0.298 e. The van der Waals surface area contributed by atoms with Gasteiger partial charge in [-0.05, 0) is 47.4 Å². The summed E-state index contributed by atoms with van der Waals surface area (Å²) in [5.74, 6) is -0.0723. The lowest BCUT2D eigenvalue weighted by atomic mass is 9.88. The number of piperidine rings is 1. The third kappa shape index (κ3) is 3.53. The predicted molar refractivity (Wildman–Crippen MR) is 139 cm³/mol. The van der Waals surface area contributed by atoms with Crippen molar-refractivity contribution in [2.45, 2.75) is 31.8 Å². The smallest absolute Gasteiger partial charge is 0.261 e. The van der Waals surface area contributed by atoms with Crippen LogP contribution in [0.4, 0.5) is 5.69 Å². The highest BCUT2D eigenvalue weighted by atomic mass is 127. The Balaban J connectivity index is 1.24. The Morgan fingerprint density at radius 2 is 1.71 bits per heavy atom. The van der Waals surface area contributed by atoms with Crippen molar-refractivity contribution in [2.75, 3.05) is 18.0 Å². The summed E-state index contributed by atoms with van der Waals surface area (Å²) in [6.45, 7) is 3.12. The zero-order valence-corrected chi connectivity index (χ0v) is 20.8. The first kappa shape index (κ1) is 21.7. The number of carbonyl (C=O) groups is 3. The molecule has 3 aromatic carbocycles. The number of amides is 3. The van der Waals surface area contributed by atoms with E-state index in [1.807, 2.05) is 24.3 Å². The van der Waals surface area contributed by atoms with Crippen LogP contribution in [0.15, 0.2) is 60.7 Å². The monoisotopic (exact) mass is 565 g/mol. The molecule has 34 heavy (non-hydrogen) atoms. The molecule has 0 aromatic heterocycles. The maximum absolute atomic E-state index is 13.4. The minimum atomic E-state index is -0.637. The van der Waals surface area contributed by atoms with Crippen LogP contribution < -0.4 is 4.90 Å². The van der Waals surface area contributed by atoms with Crippen molar-refractivity contribution in [3.8, 4) is 0 Å². The summed E-state index contributed by atoms with van der Waals surface area (Å²) in [6, 6.07) is 19.9. The van der Waals surface area contributed by atoms with Gasteiger partial charge in [-0.1, -0.05) is 48.5 Å². The van der Waals surface area contributed by atoms with E-state index < -0.39 is 6.04 Å². The van der Waals surface area contributed by atoms with Crippen molar-refractivity contribution < 1.29 is 14.4 Å². The lowest BCUT2D eigenvalue weighted by molar-refractivity contribution is -0.140. The molecule has 3 heterocycles. The van der Waals surface area contributed by atoms with Crippen LogP contribution in [0.5, 0.6) is 0 Å². The number of benzene rings is 3. The number of nitrogens with zero attached hydrogens (tertiary/aromatic N) is 3. The number of hydrogen-bond acceptors (Lipinski definition) is 4. The first-order valence-corrected chi connectivity index (χ1v) is 12.6. The van der Waals surface area contributed by atoms with Gasteiger partial charge in [0.05, 0.1) is 28.6 Å². The van der Waals surface area contributed by atoms with Crippen molar-refractivity contribution in [1.29, 1.82) is 0 Å². The Labute approximate surface area is 212 Å². The van der Waals surface area contributed by atoms with Crippen LogP contribution in [0.3, 0.4) is 0 Å². The van der Waals surface area contributed by atoms with Gasteiger partial charge >= 0.3 is 0 Å². The molecule has 0 aliphatic carbocycles. The van der Waals surface area contributed by atoms with Crippen molar-refractivity contribution in [1.82, 2.24) is 8.01 Å². The molecule has 6 nitrogen and oxygen atoms in total. The van der Waals surface area contributed by atoms with Crippen LogP contribution in [0.25, 0.3) is 10.8 Å². The first-order valence-electron chi connectivity index (χ1n) is 11.7. The van der Waals surface area contributed by atoms with Gasteiger partial charge in [-0.2, -0.15) is 0 Å². The molecule has 3 amide bonds. The fourth-order valence-corrected chi connectivity index (χ4v) is 6.18. The maximum atomic E-state index is 13.4. The lowest BCUT2D eigenvalue weighted by Gasteiger charge is -2.39. The first-order chi connectivity index (χ1) is 16.5. The molecular weight excluding hydrogens is 541 g/mol. The van der Waals surface area contributed by atoms with E-state index in [9.17, 15) is 14.4 Å². The van der Waals surface area contributed by atoms with Gasteiger partial charge in [-0.15, -0.1) is 0 Å².